The highest BCUT2D eigenvalue weighted by Crippen LogP contribution is 2.33. The van der Waals surface area contributed by atoms with E-state index in [4.69, 9.17) is 5.73 Å². The number of aryl methyl sites for hydroxylation is 2. The van der Waals surface area contributed by atoms with Gasteiger partial charge in [-0.2, -0.15) is 0 Å². The van der Waals surface area contributed by atoms with Crippen LogP contribution in [0.2, 0.25) is 0 Å². The first-order valence-electron chi connectivity index (χ1n) is 5.63. The second-order valence-corrected chi connectivity index (χ2v) is 4.37. The Balaban J connectivity index is 2.17. The molecule has 1 aliphatic rings. The summed E-state index contributed by atoms with van der Waals surface area (Å²) in [6.45, 7) is 3.13. The lowest BCUT2D eigenvalue weighted by molar-refractivity contribution is 0.745. The highest BCUT2D eigenvalue weighted by Gasteiger charge is 2.17. The van der Waals surface area contributed by atoms with Crippen LogP contribution in [0.4, 0.5) is 0 Å². The molecule has 1 aromatic rings. The maximum Gasteiger partial charge on any atom is -0.00741 e. The second kappa shape index (κ2) is 4.14. The van der Waals surface area contributed by atoms with E-state index in [-0.39, 0.29) is 0 Å². The summed E-state index contributed by atoms with van der Waals surface area (Å²) in [5.41, 5.74) is 10.1. The van der Waals surface area contributed by atoms with Crippen LogP contribution in [0.15, 0.2) is 18.2 Å². The topological polar surface area (TPSA) is 26.0 Å². The second-order valence-electron chi connectivity index (χ2n) is 4.37. The van der Waals surface area contributed by atoms with Gasteiger partial charge in [-0.15, -0.1) is 0 Å². The summed E-state index contributed by atoms with van der Waals surface area (Å²) >= 11 is 0. The maximum absolute atomic E-state index is 5.52. The SMILES string of the molecule is CC1CCc2ccc(CCCN)cc21. The Kier molecular flexibility index (Phi) is 2.87. The van der Waals surface area contributed by atoms with Gasteiger partial charge in [0.25, 0.3) is 0 Å². The van der Waals surface area contributed by atoms with Gasteiger partial charge in [-0.25, -0.2) is 0 Å². The molecule has 1 nitrogen and oxygen atoms in total. The minimum absolute atomic E-state index is 0.767. The predicted octanol–water partition coefficient (Wildman–Crippen LogP) is 2.63. The van der Waals surface area contributed by atoms with Crippen LogP contribution in [0, 0.1) is 0 Å². The van der Waals surface area contributed by atoms with Crippen molar-refractivity contribution in [3.8, 4) is 0 Å². The third-order valence-corrected chi connectivity index (χ3v) is 3.26. The first kappa shape index (κ1) is 9.72. The number of rotatable bonds is 3. The van der Waals surface area contributed by atoms with Gasteiger partial charge in [0.2, 0.25) is 0 Å². The van der Waals surface area contributed by atoms with E-state index in [0.29, 0.717) is 0 Å². The lowest BCUT2D eigenvalue weighted by atomic mass is 9.99. The average Bonchev–Trinajstić information content (AvgIpc) is 2.57. The van der Waals surface area contributed by atoms with E-state index < -0.39 is 0 Å². The van der Waals surface area contributed by atoms with Crippen LogP contribution in [0.1, 0.15) is 42.4 Å². The molecule has 0 aromatic heterocycles. The van der Waals surface area contributed by atoms with Crippen molar-refractivity contribution in [1.29, 1.82) is 0 Å². The highest BCUT2D eigenvalue weighted by molar-refractivity contribution is 5.38. The zero-order chi connectivity index (χ0) is 9.97. The van der Waals surface area contributed by atoms with Gasteiger partial charge >= 0.3 is 0 Å². The fraction of sp³-hybridized carbons (Fsp3) is 0.538. The molecule has 0 aliphatic heterocycles. The molecule has 1 aliphatic carbocycles. The summed E-state index contributed by atoms with van der Waals surface area (Å²) in [7, 11) is 0. The van der Waals surface area contributed by atoms with Crippen LogP contribution >= 0.6 is 0 Å². The molecule has 0 saturated heterocycles. The van der Waals surface area contributed by atoms with Crippen LogP contribution in [-0.4, -0.2) is 6.54 Å². The lowest BCUT2D eigenvalue weighted by Crippen LogP contribution is -2.00. The third-order valence-electron chi connectivity index (χ3n) is 3.26. The molecule has 0 radical (unpaired) electrons. The summed E-state index contributed by atoms with van der Waals surface area (Å²) in [4.78, 5) is 0. The van der Waals surface area contributed by atoms with E-state index in [1.807, 2.05) is 0 Å². The van der Waals surface area contributed by atoms with E-state index in [2.05, 4.69) is 25.1 Å². The summed E-state index contributed by atoms with van der Waals surface area (Å²) in [6, 6.07) is 6.97. The Hall–Kier alpha value is -0.820. The third kappa shape index (κ3) is 1.83. The minimum Gasteiger partial charge on any atom is -0.330 e. The van der Waals surface area contributed by atoms with Crippen LogP contribution in [0.3, 0.4) is 0 Å². The van der Waals surface area contributed by atoms with E-state index >= 15 is 0 Å². The van der Waals surface area contributed by atoms with Gasteiger partial charge in [-0.1, -0.05) is 25.1 Å². The highest BCUT2D eigenvalue weighted by atomic mass is 14.5. The zero-order valence-electron chi connectivity index (χ0n) is 8.92. The number of fused-ring (bicyclic) bond motifs is 1. The molecule has 76 valence electrons. The molecule has 0 amide bonds. The number of hydrogen-bond donors (Lipinski definition) is 1. The van der Waals surface area contributed by atoms with Gasteiger partial charge in [0.05, 0.1) is 0 Å². The van der Waals surface area contributed by atoms with Gasteiger partial charge in [0.1, 0.15) is 0 Å². The fourth-order valence-corrected chi connectivity index (χ4v) is 2.32. The van der Waals surface area contributed by atoms with E-state index in [1.54, 1.807) is 11.1 Å². The molecular formula is C13H19N. The van der Waals surface area contributed by atoms with Crippen molar-refractivity contribution >= 4 is 0 Å². The molecule has 2 rings (SSSR count). The number of benzene rings is 1. The van der Waals surface area contributed by atoms with Gasteiger partial charge in [0.15, 0.2) is 0 Å². The van der Waals surface area contributed by atoms with E-state index in [0.717, 1.165) is 25.3 Å². The summed E-state index contributed by atoms with van der Waals surface area (Å²) < 4.78 is 0. The molecule has 0 saturated carbocycles. The van der Waals surface area contributed by atoms with Crippen molar-refractivity contribution in [2.24, 2.45) is 5.73 Å². The van der Waals surface area contributed by atoms with Crippen LogP contribution in [-0.2, 0) is 12.8 Å². The van der Waals surface area contributed by atoms with Crippen LogP contribution in [0.5, 0.6) is 0 Å². The average molecular weight is 189 g/mol. The molecular weight excluding hydrogens is 170 g/mol. The first-order chi connectivity index (χ1) is 6.81. The van der Waals surface area contributed by atoms with Crippen LogP contribution in [0.25, 0.3) is 0 Å². The Morgan fingerprint density at radius 2 is 2.29 bits per heavy atom. The van der Waals surface area contributed by atoms with Crippen molar-refractivity contribution in [1.82, 2.24) is 0 Å². The summed E-state index contributed by atoms with van der Waals surface area (Å²) in [6.07, 6.45) is 4.84. The minimum atomic E-state index is 0.767. The Morgan fingerprint density at radius 3 is 3.07 bits per heavy atom. The standard InChI is InChI=1S/C13H19N/c1-10-4-6-12-7-5-11(3-2-8-14)9-13(10)12/h5,7,9-10H,2-4,6,8,14H2,1H3. The van der Waals surface area contributed by atoms with Crippen molar-refractivity contribution in [2.75, 3.05) is 6.54 Å². The first-order valence-corrected chi connectivity index (χ1v) is 5.63. The van der Waals surface area contributed by atoms with Crippen molar-refractivity contribution in [3.63, 3.8) is 0 Å². The monoisotopic (exact) mass is 189 g/mol. The van der Waals surface area contributed by atoms with Gasteiger partial charge in [-0.05, 0) is 54.8 Å². The summed E-state index contributed by atoms with van der Waals surface area (Å²) in [5.74, 6) is 0.767. The Bertz CT molecular complexity index is 317. The van der Waals surface area contributed by atoms with E-state index in [9.17, 15) is 0 Å². The number of hydrogen-bond acceptors (Lipinski definition) is 1. The zero-order valence-corrected chi connectivity index (χ0v) is 8.92. The van der Waals surface area contributed by atoms with Crippen molar-refractivity contribution in [2.45, 2.75) is 38.5 Å². The van der Waals surface area contributed by atoms with Gasteiger partial charge in [0, 0.05) is 0 Å². The maximum atomic E-state index is 5.52. The summed E-state index contributed by atoms with van der Waals surface area (Å²) in [5, 5.41) is 0. The smallest absolute Gasteiger partial charge is 0.00741 e. The molecule has 1 unspecified atom stereocenters. The van der Waals surface area contributed by atoms with Gasteiger partial charge < -0.3 is 5.73 Å². The Morgan fingerprint density at radius 1 is 1.43 bits per heavy atom. The fourth-order valence-electron chi connectivity index (χ4n) is 2.32. The molecule has 0 fully saturated rings. The largest absolute Gasteiger partial charge is 0.330 e. The molecule has 0 bridgehead atoms. The molecule has 0 spiro atoms. The van der Waals surface area contributed by atoms with Gasteiger partial charge in [-0.3, -0.25) is 0 Å². The quantitative estimate of drug-likeness (QED) is 0.777. The molecule has 1 aromatic carbocycles. The number of nitrogens with two attached hydrogens (primary N) is 1. The van der Waals surface area contributed by atoms with Crippen molar-refractivity contribution < 1.29 is 0 Å². The molecule has 1 atom stereocenters. The molecule has 2 N–H and O–H groups in total. The lowest BCUT2D eigenvalue weighted by Gasteiger charge is -2.07. The van der Waals surface area contributed by atoms with E-state index in [1.165, 1.54) is 18.4 Å². The van der Waals surface area contributed by atoms with Crippen LogP contribution < -0.4 is 5.73 Å². The molecule has 1 heteroatoms. The Labute approximate surface area is 86.3 Å². The predicted molar refractivity (Wildman–Crippen MR) is 60.6 cm³/mol. The molecule has 0 heterocycles. The normalized spacial score (nSPS) is 19.7. The van der Waals surface area contributed by atoms with Crippen molar-refractivity contribution in [3.05, 3.63) is 34.9 Å². The molecule has 14 heavy (non-hydrogen) atoms.